The standard InChI is InChI=1S/C19H17NO/c1-14-7-8-15-10-17-12-20(18-5-3-2-4-6-18)13-21-19(17)11-16(15)9-14/h2-11H,12-13H2,1H3. The summed E-state index contributed by atoms with van der Waals surface area (Å²) < 4.78 is 5.96. The van der Waals surface area contributed by atoms with Crippen LogP contribution >= 0.6 is 0 Å². The molecule has 3 aromatic carbocycles. The van der Waals surface area contributed by atoms with Crippen molar-refractivity contribution < 1.29 is 4.74 Å². The van der Waals surface area contributed by atoms with E-state index in [2.05, 4.69) is 66.4 Å². The van der Waals surface area contributed by atoms with Crippen molar-refractivity contribution in [3.8, 4) is 5.75 Å². The van der Waals surface area contributed by atoms with E-state index in [-0.39, 0.29) is 0 Å². The Bertz CT molecular complexity index is 795. The van der Waals surface area contributed by atoms with E-state index in [9.17, 15) is 0 Å². The van der Waals surface area contributed by atoms with Gasteiger partial charge in [-0.25, -0.2) is 0 Å². The molecule has 0 N–H and O–H groups in total. The van der Waals surface area contributed by atoms with E-state index in [1.165, 1.54) is 27.6 Å². The van der Waals surface area contributed by atoms with E-state index in [4.69, 9.17) is 4.74 Å². The Hall–Kier alpha value is -2.48. The summed E-state index contributed by atoms with van der Waals surface area (Å²) in [7, 11) is 0. The summed E-state index contributed by atoms with van der Waals surface area (Å²) in [6, 6.07) is 21.4. The highest BCUT2D eigenvalue weighted by Gasteiger charge is 2.18. The van der Waals surface area contributed by atoms with E-state index >= 15 is 0 Å². The third-order valence-corrected chi connectivity index (χ3v) is 4.03. The molecular formula is C19H17NO. The van der Waals surface area contributed by atoms with Gasteiger partial charge in [0.25, 0.3) is 0 Å². The molecule has 0 saturated carbocycles. The van der Waals surface area contributed by atoms with Crippen molar-refractivity contribution in [2.75, 3.05) is 11.6 Å². The van der Waals surface area contributed by atoms with Crippen LogP contribution in [0, 0.1) is 6.92 Å². The highest BCUT2D eigenvalue weighted by atomic mass is 16.5. The van der Waals surface area contributed by atoms with Crippen molar-refractivity contribution in [1.82, 2.24) is 0 Å². The summed E-state index contributed by atoms with van der Waals surface area (Å²) >= 11 is 0. The molecule has 0 fully saturated rings. The molecule has 0 spiro atoms. The average Bonchev–Trinajstić information content (AvgIpc) is 2.53. The molecule has 21 heavy (non-hydrogen) atoms. The monoisotopic (exact) mass is 275 g/mol. The molecule has 2 nitrogen and oxygen atoms in total. The summed E-state index contributed by atoms with van der Waals surface area (Å²) in [5.41, 5.74) is 3.73. The topological polar surface area (TPSA) is 12.5 Å². The lowest BCUT2D eigenvalue weighted by atomic mass is 10.0. The van der Waals surface area contributed by atoms with Crippen molar-refractivity contribution in [3.05, 3.63) is 71.8 Å². The van der Waals surface area contributed by atoms with Crippen molar-refractivity contribution in [2.45, 2.75) is 13.5 Å². The maximum atomic E-state index is 5.96. The lowest BCUT2D eigenvalue weighted by Crippen LogP contribution is -2.31. The van der Waals surface area contributed by atoms with E-state index in [0.717, 1.165) is 12.3 Å². The number of benzene rings is 3. The second-order valence-electron chi connectivity index (χ2n) is 5.62. The molecule has 0 atom stereocenters. The first-order chi connectivity index (χ1) is 10.3. The van der Waals surface area contributed by atoms with Crippen LogP contribution < -0.4 is 9.64 Å². The average molecular weight is 275 g/mol. The normalized spacial score (nSPS) is 13.9. The van der Waals surface area contributed by atoms with E-state index in [0.29, 0.717) is 6.73 Å². The van der Waals surface area contributed by atoms with Crippen molar-refractivity contribution in [3.63, 3.8) is 0 Å². The van der Waals surface area contributed by atoms with Gasteiger partial charge in [-0.3, -0.25) is 0 Å². The number of rotatable bonds is 1. The molecule has 1 heterocycles. The van der Waals surface area contributed by atoms with Crippen LogP contribution in [0.3, 0.4) is 0 Å². The SMILES string of the molecule is Cc1ccc2cc3c(cc2c1)OCN(c1ccccc1)C3. The van der Waals surface area contributed by atoms with Gasteiger partial charge < -0.3 is 9.64 Å². The molecule has 0 saturated heterocycles. The molecule has 0 aliphatic carbocycles. The smallest absolute Gasteiger partial charge is 0.161 e. The second kappa shape index (κ2) is 4.81. The zero-order valence-corrected chi connectivity index (χ0v) is 12.0. The zero-order chi connectivity index (χ0) is 14.2. The summed E-state index contributed by atoms with van der Waals surface area (Å²) in [6.45, 7) is 3.62. The molecule has 4 rings (SSSR count). The van der Waals surface area contributed by atoms with Crippen LogP contribution in [-0.4, -0.2) is 6.73 Å². The Morgan fingerprint density at radius 2 is 1.76 bits per heavy atom. The lowest BCUT2D eigenvalue weighted by Gasteiger charge is -2.31. The summed E-state index contributed by atoms with van der Waals surface area (Å²) in [5, 5.41) is 2.53. The van der Waals surface area contributed by atoms with Crippen LogP contribution in [0.25, 0.3) is 10.8 Å². The van der Waals surface area contributed by atoms with Crippen molar-refractivity contribution in [1.29, 1.82) is 0 Å². The minimum Gasteiger partial charge on any atom is -0.473 e. The predicted octanol–water partition coefficient (Wildman–Crippen LogP) is 4.50. The maximum Gasteiger partial charge on any atom is 0.161 e. The zero-order valence-electron chi connectivity index (χ0n) is 12.0. The Kier molecular flexibility index (Phi) is 2.81. The summed E-state index contributed by atoms with van der Waals surface area (Å²) in [5.74, 6) is 1.01. The Morgan fingerprint density at radius 1 is 0.905 bits per heavy atom. The molecule has 0 aromatic heterocycles. The van der Waals surface area contributed by atoms with E-state index in [1.54, 1.807) is 0 Å². The highest BCUT2D eigenvalue weighted by molar-refractivity contribution is 5.86. The van der Waals surface area contributed by atoms with Crippen LogP contribution in [0.5, 0.6) is 5.75 Å². The molecule has 0 radical (unpaired) electrons. The van der Waals surface area contributed by atoms with Crippen LogP contribution in [0.2, 0.25) is 0 Å². The summed E-state index contributed by atoms with van der Waals surface area (Å²) in [4.78, 5) is 2.25. The van der Waals surface area contributed by atoms with Crippen LogP contribution in [-0.2, 0) is 6.54 Å². The first kappa shape index (κ1) is 12.3. The van der Waals surface area contributed by atoms with Gasteiger partial charge in [0.2, 0.25) is 0 Å². The van der Waals surface area contributed by atoms with Gasteiger partial charge >= 0.3 is 0 Å². The number of para-hydroxylation sites is 1. The van der Waals surface area contributed by atoms with Gasteiger partial charge in [0.05, 0.1) is 0 Å². The highest BCUT2D eigenvalue weighted by Crippen LogP contribution is 2.32. The van der Waals surface area contributed by atoms with Crippen molar-refractivity contribution in [2.24, 2.45) is 0 Å². The molecule has 0 bridgehead atoms. The largest absolute Gasteiger partial charge is 0.473 e. The first-order valence-corrected chi connectivity index (χ1v) is 7.26. The fourth-order valence-corrected chi connectivity index (χ4v) is 2.90. The maximum absolute atomic E-state index is 5.96. The Labute approximate surface area is 124 Å². The quantitative estimate of drug-likeness (QED) is 0.648. The van der Waals surface area contributed by atoms with E-state index in [1.807, 2.05) is 6.07 Å². The lowest BCUT2D eigenvalue weighted by molar-refractivity contribution is 0.290. The minimum atomic E-state index is 0.605. The van der Waals surface area contributed by atoms with Gasteiger partial charge in [0.1, 0.15) is 5.75 Å². The fraction of sp³-hybridized carbons (Fsp3) is 0.158. The Morgan fingerprint density at radius 3 is 2.62 bits per heavy atom. The third-order valence-electron chi connectivity index (χ3n) is 4.03. The molecule has 1 aliphatic heterocycles. The van der Waals surface area contributed by atoms with Gasteiger partial charge in [-0.05, 0) is 42.0 Å². The molecule has 3 aromatic rings. The van der Waals surface area contributed by atoms with Crippen molar-refractivity contribution >= 4 is 16.5 Å². The molecule has 2 heteroatoms. The molecule has 0 amide bonds. The number of nitrogens with zero attached hydrogens (tertiary/aromatic N) is 1. The number of hydrogen-bond donors (Lipinski definition) is 0. The first-order valence-electron chi connectivity index (χ1n) is 7.26. The molecule has 1 aliphatic rings. The second-order valence-corrected chi connectivity index (χ2v) is 5.62. The van der Waals surface area contributed by atoms with Crippen LogP contribution in [0.1, 0.15) is 11.1 Å². The molecule has 104 valence electrons. The van der Waals surface area contributed by atoms with Gasteiger partial charge in [-0.2, -0.15) is 0 Å². The number of aryl methyl sites for hydroxylation is 1. The van der Waals surface area contributed by atoms with Gasteiger partial charge in [0, 0.05) is 17.8 Å². The van der Waals surface area contributed by atoms with E-state index < -0.39 is 0 Å². The third kappa shape index (κ3) is 2.23. The number of ether oxygens (including phenoxy) is 1. The number of anilines is 1. The predicted molar refractivity (Wildman–Crippen MR) is 86.8 cm³/mol. The van der Waals surface area contributed by atoms with Gasteiger partial charge in [-0.1, -0.05) is 42.0 Å². The van der Waals surface area contributed by atoms with Crippen LogP contribution in [0.15, 0.2) is 60.7 Å². The fourth-order valence-electron chi connectivity index (χ4n) is 2.90. The van der Waals surface area contributed by atoms with Gasteiger partial charge in [0.15, 0.2) is 6.73 Å². The number of fused-ring (bicyclic) bond motifs is 2. The van der Waals surface area contributed by atoms with Crippen LogP contribution in [0.4, 0.5) is 5.69 Å². The summed E-state index contributed by atoms with van der Waals surface area (Å²) in [6.07, 6.45) is 0. The number of hydrogen-bond acceptors (Lipinski definition) is 2. The minimum absolute atomic E-state index is 0.605. The Balaban J connectivity index is 1.73. The van der Waals surface area contributed by atoms with Gasteiger partial charge in [-0.15, -0.1) is 0 Å². The molecular weight excluding hydrogens is 258 g/mol. The molecule has 0 unspecified atom stereocenters.